The number of thiazole rings is 1. The lowest BCUT2D eigenvalue weighted by atomic mass is 10.1. The number of nitrogens with zero attached hydrogens (tertiary/aromatic N) is 1. The van der Waals surface area contributed by atoms with E-state index in [1.165, 1.54) is 17.4 Å². The Morgan fingerprint density at radius 2 is 2.05 bits per heavy atom. The predicted molar refractivity (Wildman–Crippen MR) is 75.2 cm³/mol. The maximum absolute atomic E-state index is 12.8. The summed E-state index contributed by atoms with van der Waals surface area (Å²) in [5.74, 6) is 0. The molecule has 0 bridgehead atoms. The first kappa shape index (κ1) is 15.1. The van der Waals surface area contributed by atoms with Crippen molar-refractivity contribution in [2.75, 3.05) is 5.73 Å². The van der Waals surface area contributed by atoms with Crippen LogP contribution in [0.1, 0.15) is 28.6 Å². The summed E-state index contributed by atoms with van der Waals surface area (Å²) >= 11 is 6.90. The molecule has 1 aromatic heterocycles. The Morgan fingerprint density at radius 3 is 2.65 bits per heavy atom. The van der Waals surface area contributed by atoms with Crippen molar-refractivity contribution in [3.63, 3.8) is 0 Å². The van der Waals surface area contributed by atoms with Crippen LogP contribution in [0.4, 0.5) is 18.3 Å². The zero-order valence-electron chi connectivity index (χ0n) is 10.6. The predicted octanol–water partition coefficient (Wildman–Crippen LogP) is 4.55. The molecule has 0 atom stereocenters. The van der Waals surface area contributed by atoms with E-state index in [9.17, 15) is 13.2 Å². The number of nitrogen functional groups attached to an aromatic ring is 1. The average Bonchev–Trinajstić information content (AvgIpc) is 2.70. The monoisotopic (exact) mass is 320 g/mol. The van der Waals surface area contributed by atoms with Crippen LogP contribution in [0.3, 0.4) is 0 Å². The molecular weight excluding hydrogens is 309 g/mol. The third-order valence-electron chi connectivity index (χ3n) is 2.83. The highest BCUT2D eigenvalue weighted by atomic mass is 35.5. The van der Waals surface area contributed by atoms with E-state index < -0.39 is 11.7 Å². The topological polar surface area (TPSA) is 38.9 Å². The number of hydrogen-bond donors (Lipinski definition) is 1. The van der Waals surface area contributed by atoms with E-state index in [1.807, 2.05) is 6.92 Å². The molecule has 1 aromatic carbocycles. The van der Waals surface area contributed by atoms with E-state index in [1.54, 1.807) is 6.07 Å². The van der Waals surface area contributed by atoms with Crippen molar-refractivity contribution < 1.29 is 13.2 Å². The highest BCUT2D eigenvalue weighted by Crippen LogP contribution is 2.36. The maximum atomic E-state index is 12.8. The van der Waals surface area contributed by atoms with Crippen LogP contribution in [-0.2, 0) is 19.0 Å². The first-order chi connectivity index (χ1) is 9.31. The molecule has 0 radical (unpaired) electrons. The fraction of sp³-hybridized carbons (Fsp3) is 0.308. The number of hydrogen-bond acceptors (Lipinski definition) is 3. The van der Waals surface area contributed by atoms with Crippen LogP contribution in [0.15, 0.2) is 18.2 Å². The number of rotatable bonds is 3. The Bertz CT molecular complexity index is 623. The molecule has 0 unspecified atom stereocenters. The van der Waals surface area contributed by atoms with Crippen LogP contribution >= 0.6 is 22.9 Å². The second kappa shape index (κ2) is 5.61. The van der Waals surface area contributed by atoms with Crippen LogP contribution in [0.5, 0.6) is 0 Å². The second-order valence-electron chi connectivity index (χ2n) is 4.26. The maximum Gasteiger partial charge on any atom is 0.417 e. The summed E-state index contributed by atoms with van der Waals surface area (Å²) in [6.45, 7) is 1.93. The van der Waals surface area contributed by atoms with Gasteiger partial charge in [0.25, 0.3) is 0 Å². The second-order valence-corrected chi connectivity index (χ2v) is 5.79. The molecule has 1 heterocycles. The van der Waals surface area contributed by atoms with Crippen LogP contribution in [0.2, 0.25) is 5.02 Å². The molecule has 2 N–H and O–H groups in total. The van der Waals surface area contributed by atoms with Crippen molar-refractivity contribution in [1.29, 1.82) is 0 Å². The van der Waals surface area contributed by atoms with Crippen LogP contribution in [0, 0.1) is 0 Å². The molecule has 0 saturated carbocycles. The number of aromatic nitrogens is 1. The van der Waals surface area contributed by atoms with Gasteiger partial charge in [0.1, 0.15) is 0 Å². The Balaban J connectivity index is 2.35. The van der Waals surface area contributed by atoms with Crippen molar-refractivity contribution in [1.82, 2.24) is 4.98 Å². The molecular formula is C13H12ClF3N2S. The smallest absolute Gasteiger partial charge is 0.375 e. The Kier molecular flexibility index (Phi) is 4.25. The molecule has 2 rings (SSSR count). The zero-order valence-corrected chi connectivity index (χ0v) is 12.2. The molecule has 0 aliphatic heterocycles. The summed E-state index contributed by atoms with van der Waals surface area (Å²) in [5.41, 5.74) is 6.20. The molecule has 20 heavy (non-hydrogen) atoms. The molecule has 0 aliphatic carbocycles. The van der Waals surface area contributed by atoms with Gasteiger partial charge in [0, 0.05) is 11.3 Å². The molecule has 108 valence electrons. The minimum atomic E-state index is -4.45. The van der Waals surface area contributed by atoms with Crippen molar-refractivity contribution in [3.05, 3.63) is 44.9 Å². The summed E-state index contributed by atoms with van der Waals surface area (Å²) in [4.78, 5) is 5.05. The normalized spacial score (nSPS) is 11.8. The van der Waals surface area contributed by atoms with E-state index in [-0.39, 0.29) is 5.02 Å². The van der Waals surface area contributed by atoms with Crippen LogP contribution < -0.4 is 5.73 Å². The number of nitrogens with two attached hydrogens (primary N) is 1. The van der Waals surface area contributed by atoms with Gasteiger partial charge in [-0.1, -0.05) is 24.6 Å². The standard InChI is InChI=1S/C13H12ClF3N2S/c1-2-10-11(20-12(18)19-10)6-7-3-4-9(14)8(5-7)13(15,16)17/h3-5H,2,6H2,1H3,(H2,18,19). The molecule has 2 aromatic rings. The molecule has 0 aliphatic rings. The van der Waals surface area contributed by atoms with Gasteiger partial charge in [-0.25, -0.2) is 4.98 Å². The van der Waals surface area contributed by atoms with Gasteiger partial charge in [0.15, 0.2) is 5.13 Å². The molecule has 0 amide bonds. The van der Waals surface area contributed by atoms with Gasteiger partial charge in [-0.2, -0.15) is 13.2 Å². The summed E-state index contributed by atoms with van der Waals surface area (Å²) in [6.07, 6.45) is -3.38. The van der Waals surface area contributed by atoms with Gasteiger partial charge in [-0.3, -0.25) is 0 Å². The molecule has 2 nitrogen and oxygen atoms in total. The average molecular weight is 321 g/mol. The molecule has 7 heteroatoms. The molecule has 0 saturated heterocycles. The van der Waals surface area contributed by atoms with Gasteiger partial charge in [-0.05, 0) is 24.1 Å². The van der Waals surface area contributed by atoms with Gasteiger partial charge >= 0.3 is 6.18 Å². The number of benzene rings is 1. The van der Waals surface area contributed by atoms with Crippen molar-refractivity contribution in [2.45, 2.75) is 25.9 Å². The van der Waals surface area contributed by atoms with Gasteiger partial charge in [-0.15, -0.1) is 11.3 Å². The quantitative estimate of drug-likeness (QED) is 0.901. The fourth-order valence-electron chi connectivity index (χ4n) is 1.90. The molecule has 0 fully saturated rings. The summed E-state index contributed by atoms with van der Waals surface area (Å²) in [6, 6.07) is 3.94. The van der Waals surface area contributed by atoms with E-state index in [2.05, 4.69) is 4.98 Å². The first-order valence-electron chi connectivity index (χ1n) is 5.91. The largest absolute Gasteiger partial charge is 0.417 e. The van der Waals surface area contributed by atoms with Crippen LogP contribution in [-0.4, -0.2) is 4.98 Å². The van der Waals surface area contributed by atoms with Crippen molar-refractivity contribution in [3.8, 4) is 0 Å². The summed E-state index contributed by atoms with van der Waals surface area (Å²) in [7, 11) is 0. The van der Waals surface area contributed by atoms with Crippen LogP contribution in [0.25, 0.3) is 0 Å². The number of anilines is 1. The van der Waals surface area contributed by atoms with E-state index in [0.717, 1.165) is 16.6 Å². The molecule has 0 spiro atoms. The SMILES string of the molecule is CCc1nc(N)sc1Cc1ccc(Cl)c(C(F)(F)F)c1. The first-order valence-corrected chi connectivity index (χ1v) is 7.10. The van der Waals surface area contributed by atoms with E-state index in [0.29, 0.717) is 23.5 Å². The van der Waals surface area contributed by atoms with Gasteiger partial charge in [0.05, 0.1) is 16.3 Å². The van der Waals surface area contributed by atoms with Crippen molar-refractivity contribution in [2.24, 2.45) is 0 Å². The minimum Gasteiger partial charge on any atom is -0.375 e. The highest BCUT2D eigenvalue weighted by molar-refractivity contribution is 7.15. The number of aryl methyl sites for hydroxylation is 1. The van der Waals surface area contributed by atoms with Crippen molar-refractivity contribution >= 4 is 28.1 Å². The zero-order chi connectivity index (χ0) is 14.9. The lowest BCUT2D eigenvalue weighted by Crippen LogP contribution is -2.06. The summed E-state index contributed by atoms with van der Waals surface area (Å²) < 4.78 is 38.4. The summed E-state index contributed by atoms with van der Waals surface area (Å²) in [5, 5.41) is 0.141. The van der Waals surface area contributed by atoms with E-state index >= 15 is 0 Å². The third-order valence-corrected chi connectivity index (χ3v) is 4.09. The fourth-order valence-corrected chi connectivity index (χ4v) is 3.08. The van der Waals surface area contributed by atoms with E-state index in [4.69, 9.17) is 17.3 Å². The third kappa shape index (κ3) is 3.24. The van der Waals surface area contributed by atoms with Gasteiger partial charge in [0.2, 0.25) is 0 Å². The highest BCUT2D eigenvalue weighted by Gasteiger charge is 2.33. The Morgan fingerprint density at radius 1 is 1.35 bits per heavy atom. The van der Waals surface area contributed by atoms with Gasteiger partial charge < -0.3 is 5.73 Å². The number of halogens is 4. The lowest BCUT2D eigenvalue weighted by molar-refractivity contribution is -0.137. The Labute approximate surface area is 123 Å². The minimum absolute atomic E-state index is 0.291. The number of alkyl halides is 3. The Hall–Kier alpha value is -1.27. The lowest BCUT2D eigenvalue weighted by Gasteiger charge is -2.10.